The lowest BCUT2D eigenvalue weighted by Crippen LogP contribution is -2.49. The molecule has 0 radical (unpaired) electrons. The fraction of sp³-hybridized carbons (Fsp3) is 0.382. The second kappa shape index (κ2) is 16.0. The monoisotopic (exact) mass is 635 g/mol. The largest absolute Gasteiger partial charge is 0.460 e. The van der Waals surface area contributed by atoms with Crippen LogP contribution in [0.4, 0.5) is 15.4 Å². The van der Waals surface area contributed by atoms with Gasteiger partial charge in [-0.25, -0.2) is 19.4 Å². The van der Waals surface area contributed by atoms with Crippen LogP contribution >= 0.6 is 0 Å². The maximum absolute atomic E-state index is 13.2. The number of nitrogens with two attached hydrogens (primary N) is 1. The van der Waals surface area contributed by atoms with Crippen LogP contribution in [-0.2, 0) is 53.1 Å². The Kier molecular flexibility index (Phi) is 12.4. The number of ether oxygens (including phenoxy) is 5. The van der Waals surface area contributed by atoms with E-state index in [2.05, 4.69) is 4.98 Å². The molecule has 12 heteroatoms. The summed E-state index contributed by atoms with van der Waals surface area (Å²) in [7, 11) is 0. The van der Waals surface area contributed by atoms with Gasteiger partial charge < -0.3 is 29.4 Å². The van der Waals surface area contributed by atoms with Crippen molar-refractivity contribution in [2.45, 2.75) is 84.7 Å². The van der Waals surface area contributed by atoms with Gasteiger partial charge in [0, 0.05) is 6.20 Å². The number of aromatic nitrogens is 1. The lowest BCUT2D eigenvalue weighted by molar-refractivity contribution is -0.168. The van der Waals surface area contributed by atoms with Crippen LogP contribution in [0, 0.1) is 0 Å². The molecule has 2 N–H and O–H groups in total. The van der Waals surface area contributed by atoms with Crippen molar-refractivity contribution in [3.05, 3.63) is 95.7 Å². The highest BCUT2D eigenvalue weighted by atomic mass is 16.6. The Labute approximate surface area is 268 Å². The minimum atomic E-state index is -1.56. The fourth-order valence-electron chi connectivity index (χ4n) is 3.81. The van der Waals surface area contributed by atoms with E-state index in [4.69, 9.17) is 29.4 Å². The molecule has 3 aromatic rings. The van der Waals surface area contributed by atoms with E-state index in [1.54, 1.807) is 90.1 Å². The SMILES string of the molecule is CC(C)(C)OC(=O)N(C(=O)OC(C)(C)C)c1cc(CO[C@@H](C(=O)OCc2ccccc2)[C@H](N)C(=O)OCc2ccccc2)ccn1. The van der Waals surface area contributed by atoms with Gasteiger partial charge in [0.2, 0.25) is 0 Å². The number of amides is 2. The van der Waals surface area contributed by atoms with Crippen molar-refractivity contribution in [1.82, 2.24) is 4.98 Å². The number of carbonyl (C=O) groups is 4. The molecule has 3 rings (SSSR count). The molecular formula is C34H41N3O9. The molecule has 1 heterocycles. The van der Waals surface area contributed by atoms with Gasteiger partial charge in [-0.2, -0.15) is 4.90 Å². The first-order chi connectivity index (χ1) is 21.6. The van der Waals surface area contributed by atoms with Crippen LogP contribution in [0.2, 0.25) is 0 Å². The first kappa shape index (κ1) is 35.7. The number of nitrogens with zero attached hydrogens (tertiary/aromatic N) is 2. The zero-order valence-electron chi connectivity index (χ0n) is 26.9. The molecule has 2 amide bonds. The Morgan fingerprint density at radius 1 is 0.696 bits per heavy atom. The zero-order valence-corrected chi connectivity index (χ0v) is 26.9. The highest BCUT2D eigenvalue weighted by molar-refractivity contribution is 6.08. The molecule has 46 heavy (non-hydrogen) atoms. The summed E-state index contributed by atoms with van der Waals surface area (Å²) in [6.07, 6.45) is -2.22. The van der Waals surface area contributed by atoms with Crippen LogP contribution in [0.1, 0.15) is 58.2 Å². The van der Waals surface area contributed by atoms with Gasteiger partial charge in [-0.15, -0.1) is 0 Å². The highest BCUT2D eigenvalue weighted by Crippen LogP contribution is 2.22. The predicted molar refractivity (Wildman–Crippen MR) is 168 cm³/mol. The highest BCUT2D eigenvalue weighted by Gasteiger charge is 2.36. The minimum Gasteiger partial charge on any atom is -0.460 e. The molecule has 0 spiro atoms. The Bertz CT molecular complexity index is 1440. The first-order valence-electron chi connectivity index (χ1n) is 14.6. The molecule has 0 aliphatic rings. The van der Waals surface area contributed by atoms with Crippen LogP contribution in [0.15, 0.2) is 79.0 Å². The molecule has 1 aromatic heterocycles. The molecule has 2 aromatic carbocycles. The third-order valence-corrected chi connectivity index (χ3v) is 5.90. The van der Waals surface area contributed by atoms with Crippen LogP contribution in [-0.4, -0.2) is 52.5 Å². The number of benzene rings is 2. The van der Waals surface area contributed by atoms with E-state index in [9.17, 15) is 19.2 Å². The number of pyridine rings is 1. The van der Waals surface area contributed by atoms with Gasteiger partial charge in [0.25, 0.3) is 0 Å². The molecule has 2 atom stereocenters. The topological polar surface area (TPSA) is 157 Å². The molecular weight excluding hydrogens is 594 g/mol. The van der Waals surface area contributed by atoms with Crippen LogP contribution in [0.3, 0.4) is 0 Å². The van der Waals surface area contributed by atoms with Gasteiger partial charge in [-0.3, -0.25) is 4.79 Å². The maximum atomic E-state index is 13.2. The van der Waals surface area contributed by atoms with Gasteiger partial charge in [-0.1, -0.05) is 60.7 Å². The Balaban J connectivity index is 1.82. The average Bonchev–Trinajstić information content (AvgIpc) is 2.98. The quantitative estimate of drug-likeness (QED) is 0.211. The van der Waals surface area contributed by atoms with E-state index < -0.39 is 47.5 Å². The molecule has 0 aliphatic carbocycles. The number of hydrogen-bond donors (Lipinski definition) is 1. The summed E-state index contributed by atoms with van der Waals surface area (Å²) in [5, 5.41) is 0. The standard InChI is InChI=1S/C34H41N3O9/c1-33(2,3)45-31(40)37(32(41)46-34(4,5)6)26-19-25(17-18-36-26)22-42-28(30(39)44-21-24-15-11-8-12-16-24)27(35)29(38)43-20-23-13-9-7-10-14-23/h7-19,27-28H,20-22,35H2,1-6H3/t27-,28+/m0/s1. The van der Waals surface area contributed by atoms with Crippen LogP contribution in [0.5, 0.6) is 0 Å². The summed E-state index contributed by atoms with van der Waals surface area (Å²) in [4.78, 5) is 57.1. The van der Waals surface area contributed by atoms with E-state index in [-0.39, 0.29) is 25.6 Å². The van der Waals surface area contributed by atoms with Crippen molar-refractivity contribution >= 4 is 29.9 Å². The van der Waals surface area contributed by atoms with Crippen molar-refractivity contribution in [2.24, 2.45) is 5.73 Å². The normalized spacial score (nSPS) is 12.8. The van der Waals surface area contributed by atoms with E-state index in [0.29, 0.717) is 10.5 Å². The number of imide groups is 1. The fourth-order valence-corrected chi connectivity index (χ4v) is 3.81. The number of esters is 2. The van der Waals surface area contributed by atoms with Crippen molar-refractivity contribution in [3.63, 3.8) is 0 Å². The van der Waals surface area contributed by atoms with Gasteiger partial charge in [0.05, 0.1) is 6.61 Å². The molecule has 0 fully saturated rings. The van der Waals surface area contributed by atoms with Crippen LogP contribution in [0.25, 0.3) is 0 Å². The molecule has 0 bridgehead atoms. The second-order valence-corrected chi connectivity index (χ2v) is 12.3. The van der Waals surface area contributed by atoms with E-state index in [1.165, 1.54) is 18.3 Å². The number of anilines is 1. The molecule has 0 saturated heterocycles. The zero-order chi connectivity index (χ0) is 33.9. The number of carbonyl (C=O) groups excluding carboxylic acids is 4. The van der Waals surface area contributed by atoms with Gasteiger partial charge >= 0.3 is 24.1 Å². The smallest absolute Gasteiger partial charge is 0.425 e. The van der Waals surface area contributed by atoms with Crippen molar-refractivity contribution in [1.29, 1.82) is 0 Å². The third-order valence-electron chi connectivity index (χ3n) is 5.90. The van der Waals surface area contributed by atoms with E-state index in [1.807, 2.05) is 12.1 Å². The Hall–Kier alpha value is -4.81. The summed E-state index contributed by atoms with van der Waals surface area (Å²) in [5.74, 6) is -1.87. The summed E-state index contributed by atoms with van der Waals surface area (Å²) < 4.78 is 27.5. The van der Waals surface area contributed by atoms with Gasteiger partial charge in [-0.05, 0) is 70.4 Å². The summed E-state index contributed by atoms with van der Waals surface area (Å²) in [6, 6.07) is 19.3. The Morgan fingerprint density at radius 3 is 1.65 bits per heavy atom. The van der Waals surface area contributed by atoms with Crippen molar-refractivity contribution < 1.29 is 42.9 Å². The molecule has 246 valence electrons. The van der Waals surface area contributed by atoms with Gasteiger partial charge in [0.15, 0.2) is 6.10 Å². The lowest BCUT2D eigenvalue weighted by atomic mass is 10.1. The molecule has 0 unspecified atom stereocenters. The minimum absolute atomic E-state index is 0.0575. The third kappa shape index (κ3) is 11.6. The first-order valence-corrected chi connectivity index (χ1v) is 14.6. The van der Waals surface area contributed by atoms with E-state index >= 15 is 0 Å². The molecule has 0 aliphatic heterocycles. The van der Waals surface area contributed by atoms with E-state index in [0.717, 1.165) is 11.1 Å². The molecule has 0 saturated carbocycles. The number of hydrogen-bond acceptors (Lipinski definition) is 11. The predicted octanol–water partition coefficient (Wildman–Crippen LogP) is 5.46. The maximum Gasteiger partial charge on any atom is 0.425 e. The average molecular weight is 636 g/mol. The Morgan fingerprint density at radius 2 is 1.17 bits per heavy atom. The second-order valence-electron chi connectivity index (χ2n) is 12.3. The van der Waals surface area contributed by atoms with Crippen LogP contribution < -0.4 is 10.6 Å². The summed E-state index contributed by atoms with van der Waals surface area (Å²) >= 11 is 0. The van der Waals surface area contributed by atoms with Crippen molar-refractivity contribution in [3.8, 4) is 0 Å². The number of rotatable bonds is 11. The lowest BCUT2D eigenvalue weighted by Gasteiger charge is -2.28. The molecule has 12 nitrogen and oxygen atoms in total. The summed E-state index contributed by atoms with van der Waals surface area (Å²) in [5.41, 5.74) is 6.19. The summed E-state index contributed by atoms with van der Waals surface area (Å²) in [6.45, 7) is 9.51. The van der Waals surface area contributed by atoms with Crippen molar-refractivity contribution in [2.75, 3.05) is 4.90 Å². The van der Waals surface area contributed by atoms with Gasteiger partial charge in [0.1, 0.15) is 36.3 Å².